The largest absolute Gasteiger partial charge is 0.497 e. The minimum Gasteiger partial charge on any atom is -0.497 e. The highest BCUT2D eigenvalue weighted by molar-refractivity contribution is 6.01. The number of hydrogen-bond donors (Lipinski definition) is 1. The third kappa shape index (κ3) is 4.30. The average molecular weight is 431 g/mol. The Kier molecular flexibility index (Phi) is 6.40. The predicted molar refractivity (Wildman–Crippen MR) is 122 cm³/mol. The van der Waals surface area contributed by atoms with E-state index in [-0.39, 0.29) is 11.8 Å². The molecule has 164 valence electrons. The van der Waals surface area contributed by atoms with Crippen LogP contribution in [0.25, 0.3) is 0 Å². The molecule has 0 aromatic heterocycles. The molecule has 0 spiro atoms. The van der Waals surface area contributed by atoms with E-state index in [0.717, 1.165) is 28.2 Å². The van der Waals surface area contributed by atoms with E-state index in [1.165, 1.54) is 0 Å². The van der Waals surface area contributed by atoms with Gasteiger partial charge in [0.25, 0.3) is 5.91 Å². The summed E-state index contributed by atoms with van der Waals surface area (Å²) in [4.78, 5) is 28.1. The molecule has 6 heteroatoms. The maximum absolute atomic E-state index is 13.3. The molecule has 1 aliphatic heterocycles. The van der Waals surface area contributed by atoms with E-state index >= 15 is 0 Å². The molecule has 3 aromatic rings. The fraction of sp³-hybridized carbons (Fsp3) is 0.231. The molecule has 2 amide bonds. The van der Waals surface area contributed by atoms with Crippen LogP contribution in [0.2, 0.25) is 0 Å². The normalized spacial score (nSPS) is 13.4. The van der Waals surface area contributed by atoms with Crippen LogP contribution in [0, 0.1) is 0 Å². The van der Waals surface area contributed by atoms with E-state index in [2.05, 4.69) is 5.32 Å². The monoisotopic (exact) mass is 430 g/mol. The molecule has 0 fully saturated rings. The molecule has 0 saturated carbocycles. The van der Waals surface area contributed by atoms with Gasteiger partial charge in [0.15, 0.2) is 0 Å². The van der Waals surface area contributed by atoms with Gasteiger partial charge in [0.2, 0.25) is 5.91 Å². The van der Waals surface area contributed by atoms with Crippen molar-refractivity contribution in [1.82, 2.24) is 10.2 Å². The van der Waals surface area contributed by atoms with Crippen molar-refractivity contribution in [2.45, 2.75) is 19.0 Å². The summed E-state index contributed by atoms with van der Waals surface area (Å²) in [5.74, 6) is 1.14. The standard InChI is InChI=1S/C26H26N2O4/c1-31-21-12-13-23(32-2)19(16-21)14-15-27-25(29)24(18-8-4-3-5-9-18)28-17-20-10-6-7-11-22(20)26(28)30/h3-13,16,24H,14-15,17H2,1-2H3,(H,27,29). The van der Waals surface area contributed by atoms with Crippen molar-refractivity contribution >= 4 is 11.8 Å². The van der Waals surface area contributed by atoms with Crippen LogP contribution in [0.3, 0.4) is 0 Å². The van der Waals surface area contributed by atoms with E-state index < -0.39 is 6.04 Å². The van der Waals surface area contributed by atoms with Crippen LogP contribution < -0.4 is 14.8 Å². The van der Waals surface area contributed by atoms with Crippen LogP contribution in [0.5, 0.6) is 11.5 Å². The van der Waals surface area contributed by atoms with Crippen molar-refractivity contribution in [2.75, 3.05) is 20.8 Å². The van der Waals surface area contributed by atoms with E-state index in [0.29, 0.717) is 25.1 Å². The fourth-order valence-corrected chi connectivity index (χ4v) is 4.09. The van der Waals surface area contributed by atoms with Gasteiger partial charge >= 0.3 is 0 Å². The van der Waals surface area contributed by atoms with Gasteiger partial charge < -0.3 is 19.7 Å². The lowest BCUT2D eigenvalue weighted by Crippen LogP contribution is -2.41. The highest BCUT2D eigenvalue weighted by Gasteiger charge is 2.37. The first kappa shape index (κ1) is 21.4. The van der Waals surface area contributed by atoms with Crippen LogP contribution in [0.15, 0.2) is 72.8 Å². The summed E-state index contributed by atoms with van der Waals surface area (Å²) in [6.45, 7) is 0.812. The Morgan fingerprint density at radius 2 is 1.75 bits per heavy atom. The summed E-state index contributed by atoms with van der Waals surface area (Å²) in [5.41, 5.74) is 3.31. The fourth-order valence-electron chi connectivity index (χ4n) is 4.09. The van der Waals surface area contributed by atoms with Gasteiger partial charge in [-0.2, -0.15) is 0 Å². The van der Waals surface area contributed by atoms with Gasteiger partial charge in [-0.3, -0.25) is 9.59 Å². The molecule has 1 N–H and O–H groups in total. The number of methoxy groups -OCH3 is 2. The minimum absolute atomic E-state index is 0.126. The van der Waals surface area contributed by atoms with Crippen LogP contribution in [-0.4, -0.2) is 37.5 Å². The zero-order chi connectivity index (χ0) is 22.5. The number of nitrogens with one attached hydrogen (secondary N) is 1. The number of amides is 2. The van der Waals surface area contributed by atoms with Gasteiger partial charge in [-0.15, -0.1) is 0 Å². The topological polar surface area (TPSA) is 67.9 Å². The smallest absolute Gasteiger partial charge is 0.255 e. The first-order valence-electron chi connectivity index (χ1n) is 10.5. The SMILES string of the molecule is COc1ccc(OC)c(CCNC(=O)C(c2ccccc2)N2Cc3ccccc3C2=O)c1. The summed E-state index contributed by atoms with van der Waals surface area (Å²) in [6, 6.07) is 21.8. The molecule has 0 radical (unpaired) electrons. The number of rotatable bonds is 8. The Morgan fingerprint density at radius 1 is 1.00 bits per heavy atom. The Balaban J connectivity index is 1.52. The summed E-state index contributed by atoms with van der Waals surface area (Å²) in [7, 11) is 3.23. The zero-order valence-electron chi connectivity index (χ0n) is 18.2. The maximum atomic E-state index is 13.3. The van der Waals surface area contributed by atoms with Gasteiger partial charge in [0.05, 0.1) is 14.2 Å². The second-order valence-electron chi connectivity index (χ2n) is 7.62. The number of fused-ring (bicyclic) bond motifs is 1. The van der Waals surface area contributed by atoms with E-state index in [4.69, 9.17) is 9.47 Å². The maximum Gasteiger partial charge on any atom is 0.255 e. The molecular weight excluding hydrogens is 404 g/mol. The third-order valence-electron chi connectivity index (χ3n) is 5.71. The summed E-state index contributed by atoms with van der Waals surface area (Å²) in [6.07, 6.45) is 0.571. The highest BCUT2D eigenvalue weighted by atomic mass is 16.5. The molecule has 4 rings (SSSR count). The zero-order valence-corrected chi connectivity index (χ0v) is 18.2. The van der Waals surface area contributed by atoms with Crippen molar-refractivity contribution in [1.29, 1.82) is 0 Å². The molecule has 1 atom stereocenters. The number of carbonyl (C=O) groups excluding carboxylic acids is 2. The van der Waals surface area contributed by atoms with Crippen molar-refractivity contribution in [3.63, 3.8) is 0 Å². The van der Waals surface area contributed by atoms with Crippen LogP contribution in [-0.2, 0) is 17.8 Å². The van der Waals surface area contributed by atoms with E-state index in [1.807, 2.05) is 72.8 Å². The second kappa shape index (κ2) is 9.56. The summed E-state index contributed by atoms with van der Waals surface area (Å²) >= 11 is 0. The van der Waals surface area contributed by atoms with Gasteiger partial charge in [-0.25, -0.2) is 0 Å². The molecule has 0 bridgehead atoms. The van der Waals surface area contributed by atoms with Crippen LogP contribution >= 0.6 is 0 Å². The lowest BCUT2D eigenvalue weighted by Gasteiger charge is -2.27. The summed E-state index contributed by atoms with van der Waals surface area (Å²) in [5, 5.41) is 3.01. The predicted octanol–water partition coefficient (Wildman–Crippen LogP) is 3.76. The Morgan fingerprint density at radius 3 is 2.47 bits per heavy atom. The highest BCUT2D eigenvalue weighted by Crippen LogP contribution is 2.31. The van der Waals surface area contributed by atoms with Crippen LogP contribution in [0.1, 0.15) is 33.1 Å². The number of carbonyl (C=O) groups is 2. The van der Waals surface area contributed by atoms with Gasteiger partial charge in [0, 0.05) is 18.7 Å². The summed E-state index contributed by atoms with van der Waals surface area (Å²) < 4.78 is 10.7. The second-order valence-corrected chi connectivity index (χ2v) is 7.62. The molecule has 0 aliphatic carbocycles. The molecule has 0 saturated heterocycles. The average Bonchev–Trinajstić information content (AvgIpc) is 3.16. The van der Waals surface area contributed by atoms with Crippen molar-refractivity contribution in [3.8, 4) is 11.5 Å². The van der Waals surface area contributed by atoms with E-state index in [1.54, 1.807) is 19.1 Å². The molecule has 3 aromatic carbocycles. The number of nitrogens with zero attached hydrogens (tertiary/aromatic N) is 1. The first-order valence-corrected chi connectivity index (χ1v) is 10.5. The number of ether oxygens (including phenoxy) is 2. The lowest BCUT2D eigenvalue weighted by molar-refractivity contribution is -0.125. The van der Waals surface area contributed by atoms with Crippen molar-refractivity contribution < 1.29 is 19.1 Å². The van der Waals surface area contributed by atoms with Gasteiger partial charge in [-0.1, -0.05) is 48.5 Å². The molecule has 1 heterocycles. The Hall–Kier alpha value is -3.80. The minimum atomic E-state index is -0.705. The van der Waals surface area contributed by atoms with Crippen molar-refractivity contribution in [3.05, 3.63) is 95.1 Å². The molecule has 6 nitrogen and oxygen atoms in total. The molecule has 1 aliphatic rings. The first-order chi connectivity index (χ1) is 15.6. The van der Waals surface area contributed by atoms with Gasteiger partial charge in [0.1, 0.15) is 17.5 Å². The lowest BCUT2D eigenvalue weighted by atomic mass is 10.0. The molecule has 1 unspecified atom stereocenters. The Labute approximate surface area is 187 Å². The third-order valence-corrected chi connectivity index (χ3v) is 5.71. The van der Waals surface area contributed by atoms with Crippen LogP contribution in [0.4, 0.5) is 0 Å². The van der Waals surface area contributed by atoms with Crippen molar-refractivity contribution in [2.24, 2.45) is 0 Å². The number of benzene rings is 3. The molecule has 32 heavy (non-hydrogen) atoms. The molecular formula is C26H26N2O4. The van der Waals surface area contributed by atoms with Gasteiger partial charge in [-0.05, 0) is 47.4 Å². The Bertz CT molecular complexity index is 1110. The number of hydrogen-bond acceptors (Lipinski definition) is 4. The quantitative estimate of drug-likeness (QED) is 0.591. The van der Waals surface area contributed by atoms with E-state index in [9.17, 15) is 9.59 Å².